The predicted molar refractivity (Wildman–Crippen MR) is 386 cm³/mol. The molecule has 0 nitrogen and oxygen atoms in total. The van der Waals surface area contributed by atoms with Crippen molar-refractivity contribution in [3.63, 3.8) is 0 Å². The molecule has 0 saturated carbocycles. The molecule has 0 bridgehead atoms. The molecular weight excluding hydrogens is 1820 g/mol. The van der Waals surface area contributed by atoms with Crippen LogP contribution in [0, 0.1) is 0 Å². The Labute approximate surface area is 618 Å². The molecule has 0 N–H and O–H groups in total. The van der Waals surface area contributed by atoms with E-state index in [1.165, 1.54) is 78.3 Å². The first-order valence-electron chi connectivity index (χ1n) is 29.9. The van der Waals surface area contributed by atoms with E-state index < -0.39 is 54.6 Å². The molecule has 0 aliphatic heterocycles. The van der Waals surface area contributed by atoms with Gasteiger partial charge in [0.1, 0.15) is 0 Å². The second-order valence-electron chi connectivity index (χ2n) is 21.7. The van der Waals surface area contributed by atoms with E-state index >= 15 is 0 Å². The molecule has 12 rings (SSSR count). The maximum atomic E-state index is 9.93. The topological polar surface area (TPSA) is 0 Å². The standard InChI is InChI=1S/2C36H28S3.2F6P.12FH.2Sb/c1-5-17-31(18-6-1)38(32-19-7-2-8-20-32)35-25-13-15-29(27-35)37-30-16-14-26-36(28-30)39(33-21-9-3-10-22-33)34-23-11-4-12-24-34;1-5-13-31(14-6-1)38(32-15-7-2-8-16-32)35-25-21-29(22-26-35)37-30-23-27-36(28-24-30)39(33-17-9-3-10-18-33)34-19-11-4-12-20-34;2*1-7(2,3,4,5)6;;;;;;;;;;;;;;/h2*1-28H;;;12*1H;;/q2*+2;2*-1;;;;;;;;;;;;;2*+5/p-12. The molecular formula is C72H56F24P2S6Sb2. The first-order valence-corrected chi connectivity index (χ1v) is 52.1. The van der Waals surface area contributed by atoms with Gasteiger partial charge in [0.15, 0.2) is 58.7 Å². The Kier molecular flexibility index (Phi) is 26.1. The van der Waals surface area contributed by atoms with Gasteiger partial charge < -0.3 is 0 Å². The third-order valence-corrected chi connectivity index (χ3v) is 23.4. The number of benzene rings is 12. The van der Waals surface area contributed by atoms with Gasteiger partial charge in [-0.1, -0.05) is 181 Å². The van der Waals surface area contributed by atoms with Crippen LogP contribution in [0.2, 0.25) is 0 Å². The zero-order valence-electron chi connectivity index (χ0n) is 53.6. The van der Waals surface area contributed by atoms with E-state index in [1.807, 2.05) is 23.5 Å². The van der Waals surface area contributed by atoms with Crippen molar-refractivity contribution >= 4 is 122 Å². The van der Waals surface area contributed by atoms with Gasteiger partial charge >= 0.3 is 139 Å². The van der Waals surface area contributed by atoms with Crippen molar-refractivity contribution in [1.82, 2.24) is 0 Å². The van der Waals surface area contributed by atoms with E-state index in [0.717, 1.165) is 0 Å². The molecule has 568 valence electrons. The summed E-state index contributed by atoms with van der Waals surface area (Å²) in [7, 11) is -21.9. The first-order chi connectivity index (χ1) is 48.5. The molecule has 0 radical (unpaired) electrons. The number of hydrogen-bond acceptors (Lipinski definition) is 2. The first kappa shape index (κ1) is 86.8. The van der Waals surface area contributed by atoms with Crippen LogP contribution in [0.25, 0.3) is 0 Å². The van der Waals surface area contributed by atoms with E-state index in [-0.39, 0.29) is 43.6 Å². The van der Waals surface area contributed by atoms with E-state index in [1.54, 1.807) is 0 Å². The molecule has 0 atom stereocenters. The van der Waals surface area contributed by atoms with Gasteiger partial charge in [-0.25, -0.2) is 0 Å². The minimum atomic E-state index is -11.2. The minimum absolute atomic E-state index is 0.123. The molecule has 106 heavy (non-hydrogen) atoms. The molecule has 12 aromatic rings. The maximum Gasteiger partial charge on any atom is 0.167 e. The summed E-state index contributed by atoms with van der Waals surface area (Å²) < 4.78 is 237. The fourth-order valence-corrected chi connectivity index (χ4v) is 19.3. The summed E-state index contributed by atoms with van der Waals surface area (Å²) in [5.74, 6) is 0. The van der Waals surface area contributed by atoms with Gasteiger partial charge in [-0.3, -0.25) is 0 Å². The Balaban J connectivity index is 0.000000218. The third-order valence-electron chi connectivity index (χ3n) is 12.5. The second-order valence-corrected chi connectivity index (χ2v) is 46.8. The summed E-state index contributed by atoms with van der Waals surface area (Å²) in [6.45, 7) is 0. The molecule has 0 aliphatic carbocycles. The van der Waals surface area contributed by atoms with Gasteiger partial charge in [-0.2, -0.15) is 0 Å². The van der Waals surface area contributed by atoms with Crippen LogP contribution in [0.1, 0.15) is 0 Å². The van der Waals surface area contributed by atoms with Gasteiger partial charge in [0, 0.05) is 31.7 Å². The Morgan fingerprint density at radius 2 is 0.302 bits per heavy atom. The van der Waals surface area contributed by atoms with Crippen molar-refractivity contribution in [3.05, 3.63) is 340 Å². The van der Waals surface area contributed by atoms with Crippen LogP contribution in [0.15, 0.2) is 418 Å². The van der Waals surface area contributed by atoms with Crippen molar-refractivity contribution in [1.29, 1.82) is 0 Å². The molecule has 0 fully saturated rings. The Bertz CT molecular complexity index is 4200. The molecule has 0 aliphatic rings. The summed E-state index contributed by atoms with van der Waals surface area (Å²) in [5, 5.41) is 0. The number of halogens is 24. The normalized spacial score (nSPS) is 14.3. The van der Waals surface area contributed by atoms with Gasteiger partial charge in [0.25, 0.3) is 0 Å². The SMILES string of the molecule is F[P-](F)(F)(F)(F)F.F[P-](F)(F)(F)(F)F.[F][Sb-]([F])([F])([F])([F])[F].[F][Sb-]([F])([F])([F])([F])[F].c1ccc([S+](c2ccccc2)c2ccc(Sc3ccc([S+](c4ccccc4)c4ccccc4)cc3)cc2)cc1.c1ccc([S+](c2ccccc2)c2cccc(Sc3cccc([S+](c4ccccc4)c4ccccc4)c3)c2)cc1. The molecule has 0 amide bonds. The zero-order chi connectivity index (χ0) is 78.2. The van der Waals surface area contributed by atoms with Crippen molar-refractivity contribution in [2.45, 2.75) is 78.3 Å². The van der Waals surface area contributed by atoms with Crippen LogP contribution >= 0.6 is 39.1 Å². The van der Waals surface area contributed by atoms with Crippen LogP contribution in [-0.4, -0.2) is 39.0 Å². The third kappa shape index (κ3) is 38.6. The van der Waals surface area contributed by atoms with Crippen molar-refractivity contribution < 1.29 is 84.1 Å². The Morgan fingerprint density at radius 1 is 0.170 bits per heavy atom. The average Bonchev–Trinajstić information content (AvgIpc) is 0.789. The fraction of sp³-hybridized carbons (Fsp3) is 0. The molecule has 0 heterocycles. The van der Waals surface area contributed by atoms with Gasteiger partial charge in [-0.05, 0) is 170 Å². The molecule has 0 saturated heterocycles. The summed E-state index contributed by atoms with van der Waals surface area (Å²) >= 11 is -18.8. The van der Waals surface area contributed by atoms with Crippen molar-refractivity contribution in [3.8, 4) is 0 Å². The monoisotopic (exact) mass is 1870 g/mol. The zero-order valence-corrected chi connectivity index (χ0v) is 65.4. The second kappa shape index (κ2) is 31.9. The number of rotatable bonds is 16. The quantitative estimate of drug-likeness (QED) is 0.0409. The van der Waals surface area contributed by atoms with Gasteiger partial charge in [-0.15, -0.1) is 0 Å². The van der Waals surface area contributed by atoms with E-state index in [4.69, 9.17) is 0 Å². The average molecular weight is 1880 g/mol. The summed E-state index contributed by atoms with van der Waals surface area (Å²) in [5.41, 5.74) is 0. The Hall–Kier alpha value is -6.44. The van der Waals surface area contributed by atoms with Crippen LogP contribution in [0.3, 0.4) is 0 Å². The minimum Gasteiger partial charge on any atom is -0.0901 e. The van der Waals surface area contributed by atoms with E-state index in [0.29, 0.717) is 0 Å². The van der Waals surface area contributed by atoms with Crippen LogP contribution in [0.5, 0.6) is 0 Å². The van der Waals surface area contributed by atoms with E-state index in [9.17, 15) is 84.1 Å². The van der Waals surface area contributed by atoms with Crippen LogP contribution in [-0.2, 0) is 43.6 Å². The molecule has 34 heteroatoms. The Morgan fingerprint density at radius 3 is 0.472 bits per heavy atom. The summed E-state index contributed by atoms with van der Waals surface area (Å²) in [4.78, 5) is 21.1. The molecule has 0 unspecified atom stereocenters. The molecule has 0 aromatic heterocycles. The summed E-state index contributed by atoms with van der Waals surface area (Å²) in [6.07, 6.45) is 0. The van der Waals surface area contributed by atoms with Crippen molar-refractivity contribution in [2.24, 2.45) is 0 Å². The predicted octanol–water partition coefficient (Wildman–Crippen LogP) is 31.1. The van der Waals surface area contributed by atoms with Crippen LogP contribution in [0.4, 0.5) is 84.1 Å². The van der Waals surface area contributed by atoms with Crippen molar-refractivity contribution in [2.75, 3.05) is 0 Å². The summed E-state index contributed by atoms with van der Waals surface area (Å²) in [6, 6.07) is 123. The molecule has 0 spiro atoms. The fourth-order valence-electron chi connectivity index (χ4n) is 8.97. The van der Waals surface area contributed by atoms with E-state index in [2.05, 4.69) is 340 Å². The largest absolute Gasteiger partial charge is 0.167 e. The number of hydrogen-bond donors (Lipinski definition) is 0. The molecule has 12 aromatic carbocycles. The smallest absolute Gasteiger partial charge is 0.0901 e. The van der Waals surface area contributed by atoms with Gasteiger partial charge in [0.2, 0.25) is 0 Å². The van der Waals surface area contributed by atoms with Crippen LogP contribution < -0.4 is 0 Å². The van der Waals surface area contributed by atoms with Gasteiger partial charge in [0.05, 0.1) is 43.6 Å². The maximum absolute atomic E-state index is 11.2.